The van der Waals surface area contributed by atoms with Gasteiger partial charge >= 0.3 is 0 Å². The number of benzene rings is 3. The number of nitrogens with one attached hydrogen (secondary N) is 1. The van der Waals surface area contributed by atoms with E-state index in [-0.39, 0.29) is 24.2 Å². The Morgan fingerprint density at radius 1 is 1.00 bits per heavy atom. The van der Waals surface area contributed by atoms with Crippen LogP contribution < -0.4 is 15.0 Å². The Morgan fingerprint density at radius 2 is 1.79 bits per heavy atom. The summed E-state index contributed by atoms with van der Waals surface area (Å²) in [6, 6.07) is 20.5. The van der Waals surface area contributed by atoms with Crippen LogP contribution in [0.15, 0.2) is 72.8 Å². The van der Waals surface area contributed by atoms with Gasteiger partial charge in [-0.3, -0.25) is 9.59 Å². The monoisotopic (exact) mass is 390 g/mol. The summed E-state index contributed by atoms with van der Waals surface area (Å²) < 4.78 is 18.5. The van der Waals surface area contributed by atoms with Crippen molar-refractivity contribution in [3.63, 3.8) is 0 Å². The number of carbonyl (C=O) groups excluding carboxylic acids is 2. The second-order valence-corrected chi connectivity index (χ2v) is 6.75. The molecule has 3 aromatic rings. The van der Waals surface area contributed by atoms with Gasteiger partial charge in [-0.15, -0.1) is 0 Å². The van der Waals surface area contributed by atoms with Crippen molar-refractivity contribution in [3.8, 4) is 5.75 Å². The third-order valence-electron chi connectivity index (χ3n) is 4.70. The van der Waals surface area contributed by atoms with E-state index in [1.54, 1.807) is 35.2 Å². The molecule has 0 fully saturated rings. The average molecular weight is 390 g/mol. The van der Waals surface area contributed by atoms with Crippen molar-refractivity contribution in [2.24, 2.45) is 0 Å². The molecular formula is C23H19FN2O3. The molecule has 146 valence electrons. The highest BCUT2D eigenvalue weighted by Crippen LogP contribution is 2.32. The van der Waals surface area contributed by atoms with E-state index in [9.17, 15) is 14.0 Å². The van der Waals surface area contributed by atoms with Gasteiger partial charge in [0.05, 0.1) is 12.2 Å². The molecule has 0 unspecified atom stereocenters. The summed E-state index contributed by atoms with van der Waals surface area (Å²) in [4.78, 5) is 26.5. The van der Waals surface area contributed by atoms with E-state index in [1.165, 1.54) is 12.1 Å². The van der Waals surface area contributed by atoms with Gasteiger partial charge in [0.1, 0.15) is 11.6 Å². The minimum atomic E-state index is -0.313. The van der Waals surface area contributed by atoms with Crippen LogP contribution in [0.25, 0.3) is 0 Å². The first-order chi connectivity index (χ1) is 14.1. The van der Waals surface area contributed by atoms with Crippen LogP contribution in [0.4, 0.5) is 10.1 Å². The zero-order chi connectivity index (χ0) is 20.2. The largest absolute Gasteiger partial charge is 0.482 e. The van der Waals surface area contributed by atoms with Crippen molar-refractivity contribution < 1.29 is 18.7 Å². The second-order valence-electron chi connectivity index (χ2n) is 6.75. The van der Waals surface area contributed by atoms with Crippen LogP contribution >= 0.6 is 0 Å². The number of rotatable bonds is 5. The molecule has 29 heavy (non-hydrogen) atoms. The topological polar surface area (TPSA) is 58.6 Å². The summed E-state index contributed by atoms with van der Waals surface area (Å²) in [7, 11) is 0. The number of fused-ring (bicyclic) bond motifs is 1. The second kappa shape index (κ2) is 8.14. The molecule has 0 aromatic heterocycles. The molecule has 0 bridgehead atoms. The normalized spacial score (nSPS) is 12.9. The molecule has 0 spiro atoms. The fourth-order valence-corrected chi connectivity index (χ4v) is 3.21. The summed E-state index contributed by atoms with van der Waals surface area (Å²) in [6.45, 7) is 0.645. The maximum absolute atomic E-state index is 13.0. The number of para-hydroxylation sites is 2. The van der Waals surface area contributed by atoms with Crippen molar-refractivity contribution in [3.05, 3.63) is 95.3 Å². The van der Waals surface area contributed by atoms with Gasteiger partial charge in [0.2, 0.25) is 0 Å². The maximum atomic E-state index is 13.0. The summed E-state index contributed by atoms with van der Waals surface area (Å²) in [6.07, 6.45) is 0. The van der Waals surface area contributed by atoms with Gasteiger partial charge in [-0.2, -0.15) is 0 Å². The molecule has 1 heterocycles. The number of hydrogen-bond donors (Lipinski definition) is 1. The summed E-state index contributed by atoms with van der Waals surface area (Å²) in [5, 5.41) is 2.83. The number of anilines is 1. The molecule has 0 saturated heterocycles. The highest BCUT2D eigenvalue weighted by atomic mass is 19.1. The van der Waals surface area contributed by atoms with E-state index in [0.29, 0.717) is 24.4 Å². The van der Waals surface area contributed by atoms with Crippen LogP contribution in [-0.2, 0) is 17.9 Å². The molecular weight excluding hydrogens is 371 g/mol. The van der Waals surface area contributed by atoms with E-state index < -0.39 is 0 Å². The first-order valence-corrected chi connectivity index (χ1v) is 9.24. The number of carbonyl (C=O) groups is 2. The first kappa shape index (κ1) is 18.7. The molecule has 1 aliphatic rings. The van der Waals surface area contributed by atoms with E-state index in [2.05, 4.69) is 5.32 Å². The molecule has 1 aliphatic heterocycles. The highest BCUT2D eigenvalue weighted by Gasteiger charge is 2.25. The van der Waals surface area contributed by atoms with Gasteiger partial charge in [-0.25, -0.2) is 4.39 Å². The molecule has 0 aliphatic carbocycles. The van der Waals surface area contributed by atoms with E-state index in [0.717, 1.165) is 16.8 Å². The maximum Gasteiger partial charge on any atom is 0.265 e. The summed E-state index contributed by atoms with van der Waals surface area (Å²) in [5.41, 5.74) is 2.87. The molecule has 3 aromatic carbocycles. The average Bonchev–Trinajstić information content (AvgIpc) is 2.75. The first-order valence-electron chi connectivity index (χ1n) is 9.24. The van der Waals surface area contributed by atoms with Gasteiger partial charge in [-0.05, 0) is 47.5 Å². The van der Waals surface area contributed by atoms with E-state index >= 15 is 0 Å². The molecule has 1 N–H and O–H groups in total. The predicted molar refractivity (Wildman–Crippen MR) is 107 cm³/mol. The van der Waals surface area contributed by atoms with E-state index in [4.69, 9.17) is 4.74 Å². The number of halogens is 1. The Kier molecular flexibility index (Phi) is 5.24. The quantitative estimate of drug-likeness (QED) is 0.723. The lowest BCUT2D eigenvalue weighted by Gasteiger charge is -2.29. The molecule has 6 heteroatoms. The molecule has 4 rings (SSSR count). The van der Waals surface area contributed by atoms with Gasteiger partial charge in [0, 0.05) is 12.1 Å². The fraction of sp³-hybridized carbons (Fsp3) is 0.130. The van der Waals surface area contributed by atoms with Crippen molar-refractivity contribution in [2.75, 3.05) is 11.5 Å². The third kappa shape index (κ3) is 4.27. The van der Waals surface area contributed by atoms with E-state index in [1.807, 2.05) is 30.3 Å². The number of hydrogen-bond acceptors (Lipinski definition) is 3. The lowest BCUT2D eigenvalue weighted by Crippen LogP contribution is -2.38. The van der Waals surface area contributed by atoms with Gasteiger partial charge in [0.15, 0.2) is 6.61 Å². The van der Waals surface area contributed by atoms with Crippen molar-refractivity contribution >= 4 is 17.5 Å². The number of ether oxygens (including phenoxy) is 1. The summed E-state index contributed by atoms with van der Waals surface area (Å²) in [5.74, 6) is -0.00736. The Labute approximate surface area is 167 Å². The van der Waals surface area contributed by atoms with Gasteiger partial charge in [0.25, 0.3) is 11.8 Å². The van der Waals surface area contributed by atoms with Crippen molar-refractivity contribution in [2.45, 2.75) is 13.1 Å². The van der Waals surface area contributed by atoms with Crippen LogP contribution in [0.1, 0.15) is 21.5 Å². The zero-order valence-corrected chi connectivity index (χ0v) is 15.6. The number of amides is 2. The van der Waals surface area contributed by atoms with Crippen LogP contribution in [0, 0.1) is 5.82 Å². The standard InChI is InChI=1S/C23H19FN2O3/c24-19-10-8-16(9-11-19)13-25-23(28)18-5-3-4-17(12-18)14-26-20-6-1-2-7-21(20)29-15-22(26)27/h1-12H,13-15H2,(H,25,28). The lowest BCUT2D eigenvalue weighted by molar-refractivity contribution is -0.121. The number of nitrogens with zero attached hydrogens (tertiary/aromatic N) is 1. The smallest absolute Gasteiger partial charge is 0.265 e. The third-order valence-corrected chi connectivity index (χ3v) is 4.70. The van der Waals surface area contributed by atoms with Crippen LogP contribution in [0.2, 0.25) is 0 Å². The Hall–Kier alpha value is -3.67. The Balaban J connectivity index is 1.47. The molecule has 0 radical (unpaired) electrons. The van der Waals surface area contributed by atoms with Gasteiger partial charge < -0.3 is 15.0 Å². The summed E-state index contributed by atoms with van der Waals surface area (Å²) >= 11 is 0. The lowest BCUT2D eigenvalue weighted by atomic mass is 10.1. The minimum absolute atomic E-state index is 0.00510. The zero-order valence-electron chi connectivity index (χ0n) is 15.6. The van der Waals surface area contributed by atoms with Crippen LogP contribution in [0.5, 0.6) is 5.75 Å². The van der Waals surface area contributed by atoms with Crippen molar-refractivity contribution in [1.82, 2.24) is 5.32 Å². The minimum Gasteiger partial charge on any atom is -0.482 e. The SMILES string of the molecule is O=C(NCc1ccc(F)cc1)c1cccc(CN2C(=O)COc3ccccc32)c1. The van der Waals surface area contributed by atoms with Crippen LogP contribution in [0.3, 0.4) is 0 Å². The Bertz CT molecular complexity index is 1050. The van der Waals surface area contributed by atoms with Crippen LogP contribution in [-0.4, -0.2) is 18.4 Å². The molecule has 0 saturated carbocycles. The highest BCUT2D eigenvalue weighted by molar-refractivity contribution is 5.98. The molecule has 0 atom stereocenters. The fourth-order valence-electron chi connectivity index (χ4n) is 3.21. The Morgan fingerprint density at radius 3 is 2.62 bits per heavy atom. The molecule has 5 nitrogen and oxygen atoms in total. The predicted octanol–water partition coefficient (Wildman–Crippen LogP) is 3.68. The van der Waals surface area contributed by atoms with Gasteiger partial charge in [-0.1, -0.05) is 36.4 Å². The van der Waals surface area contributed by atoms with Crippen molar-refractivity contribution in [1.29, 1.82) is 0 Å². The molecule has 2 amide bonds.